The number of nitrogens with zero attached hydrogens (tertiary/aromatic N) is 1. The summed E-state index contributed by atoms with van der Waals surface area (Å²) in [5.41, 5.74) is 3.74. The van der Waals surface area contributed by atoms with E-state index in [1.807, 2.05) is 6.07 Å². The summed E-state index contributed by atoms with van der Waals surface area (Å²) in [5.74, 6) is 0.377. The van der Waals surface area contributed by atoms with E-state index in [-0.39, 0.29) is 4.32 Å². The number of rotatable bonds is 10. The monoisotopic (exact) mass is 626 g/mol. The molecule has 0 aromatic heterocycles. The molecular weight excluding hydrogens is 604 g/mol. The first-order chi connectivity index (χ1) is 16.3. The van der Waals surface area contributed by atoms with Crippen LogP contribution < -0.4 is 14.9 Å². The SMILES string of the molecule is CCCCCCOc1c(Br)cc(/C=C2\SC(=S)N(NC(=O)c3ccc(Br)cc3)C2=O)cc1OC. The van der Waals surface area contributed by atoms with Crippen LogP contribution in [0.1, 0.15) is 48.5 Å². The van der Waals surface area contributed by atoms with Crippen molar-refractivity contribution in [3.8, 4) is 11.5 Å². The number of carbonyl (C=O) groups is 2. The molecule has 34 heavy (non-hydrogen) atoms. The molecule has 2 amide bonds. The number of nitrogens with one attached hydrogen (secondary N) is 1. The molecule has 1 saturated heterocycles. The number of methoxy groups -OCH3 is 1. The highest BCUT2D eigenvalue weighted by molar-refractivity contribution is 9.10. The lowest BCUT2D eigenvalue weighted by atomic mass is 10.1. The number of unbranched alkanes of at least 4 members (excludes halogenated alkanes) is 3. The van der Waals surface area contributed by atoms with Gasteiger partial charge >= 0.3 is 0 Å². The molecule has 0 unspecified atom stereocenters. The van der Waals surface area contributed by atoms with Gasteiger partial charge in [0, 0.05) is 10.0 Å². The molecule has 1 N–H and O–H groups in total. The summed E-state index contributed by atoms with van der Waals surface area (Å²) in [7, 11) is 1.58. The maximum atomic E-state index is 12.9. The molecule has 0 aliphatic carbocycles. The lowest BCUT2D eigenvalue weighted by molar-refractivity contribution is -0.123. The predicted molar refractivity (Wildman–Crippen MR) is 147 cm³/mol. The van der Waals surface area contributed by atoms with E-state index in [0.29, 0.717) is 28.6 Å². The lowest BCUT2D eigenvalue weighted by Crippen LogP contribution is -2.44. The van der Waals surface area contributed by atoms with Crippen molar-refractivity contribution in [2.45, 2.75) is 32.6 Å². The van der Waals surface area contributed by atoms with Gasteiger partial charge in [-0.15, -0.1) is 0 Å². The third-order valence-electron chi connectivity index (χ3n) is 4.91. The van der Waals surface area contributed by atoms with E-state index in [2.05, 4.69) is 44.2 Å². The second-order valence-corrected chi connectivity index (χ2v) is 10.9. The highest BCUT2D eigenvalue weighted by Gasteiger charge is 2.34. The number of benzene rings is 2. The number of halogens is 2. The van der Waals surface area contributed by atoms with Gasteiger partial charge in [-0.05, 0) is 82.6 Å². The summed E-state index contributed by atoms with van der Waals surface area (Å²) in [4.78, 5) is 25.9. The number of thioether (sulfide) groups is 1. The van der Waals surface area contributed by atoms with E-state index in [1.165, 1.54) is 12.8 Å². The van der Waals surface area contributed by atoms with E-state index in [4.69, 9.17) is 21.7 Å². The van der Waals surface area contributed by atoms with Gasteiger partial charge in [-0.25, -0.2) is 0 Å². The van der Waals surface area contributed by atoms with Crippen molar-refractivity contribution in [1.82, 2.24) is 10.4 Å². The number of carbonyl (C=O) groups excluding carboxylic acids is 2. The summed E-state index contributed by atoms with van der Waals surface area (Å²) in [5, 5.41) is 1.09. The smallest absolute Gasteiger partial charge is 0.285 e. The Bertz CT molecular complexity index is 1110. The molecule has 6 nitrogen and oxygen atoms in total. The Morgan fingerprint density at radius 3 is 2.59 bits per heavy atom. The van der Waals surface area contributed by atoms with E-state index in [1.54, 1.807) is 43.5 Å². The Kier molecular flexibility index (Phi) is 9.99. The second-order valence-electron chi connectivity index (χ2n) is 7.41. The molecule has 0 atom stereocenters. The molecule has 0 spiro atoms. The average Bonchev–Trinajstić information content (AvgIpc) is 3.07. The van der Waals surface area contributed by atoms with Crippen LogP contribution in [0.3, 0.4) is 0 Å². The number of hydrazine groups is 1. The van der Waals surface area contributed by atoms with Crippen molar-refractivity contribution >= 4 is 78.1 Å². The fraction of sp³-hybridized carbons (Fsp3) is 0.292. The fourth-order valence-corrected chi connectivity index (χ4v) is 5.17. The van der Waals surface area contributed by atoms with Gasteiger partial charge in [0.25, 0.3) is 11.8 Å². The third-order valence-corrected chi connectivity index (χ3v) is 7.33. The maximum absolute atomic E-state index is 12.9. The Labute approximate surface area is 225 Å². The van der Waals surface area contributed by atoms with Crippen molar-refractivity contribution in [2.24, 2.45) is 0 Å². The highest BCUT2D eigenvalue weighted by atomic mass is 79.9. The van der Waals surface area contributed by atoms with E-state index < -0.39 is 11.8 Å². The van der Waals surface area contributed by atoms with Crippen LogP contribution in [0.25, 0.3) is 6.08 Å². The van der Waals surface area contributed by atoms with Crippen LogP contribution in [0.4, 0.5) is 0 Å². The van der Waals surface area contributed by atoms with Crippen molar-refractivity contribution in [1.29, 1.82) is 0 Å². The van der Waals surface area contributed by atoms with Gasteiger partial charge in [0.1, 0.15) is 0 Å². The van der Waals surface area contributed by atoms with Crippen LogP contribution in [0.5, 0.6) is 11.5 Å². The Morgan fingerprint density at radius 2 is 1.91 bits per heavy atom. The molecule has 2 aromatic carbocycles. The molecule has 1 heterocycles. The van der Waals surface area contributed by atoms with Gasteiger partial charge in [-0.1, -0.05) is 53.9 Å². The second kappa shape index (κ2) is 12.7. The van der Waals surface area contributed by atoms with Crippen molar-refractivity contribution < 1.29 is 19.1 Å². The first-order valence-corrected chi connectivity index (χ1v) is 13.5. The van der Waals surface area contributed by atoms with Gasteiger partial charge in [-0.3, -0.25) is 15.0 Å². The number of ether oxygens (including phenoxy) is 2. The highest BCUT2D eigenvalue weighted by Crippen LogP contribution is 2.39. The molecule has 1 aliphatic rings. The summed E-state index contributed by atoms with van der Waals surface area (Å²) in [6.07, 6.45) is 6.15. The number of hydrogen-bond donors (Lipinski definition) is 1. The minimum absolute atomic E-state index is 0.250. The van der Waals surface area contributed by atoms with Crippen LogP contribution in [0, 0.1) is 0 Å². The molecule has 0 bridgehead atoms. The quantitative estimate of drug-likeness (QED) is 0.179. The van der Waals surface area contributed by atoms with Gasteiger partial charge in [0.2, 0.25) is 0 Å². The first-order valence-electron chi connectivity index (χ1n) is 10.7. The standard InChI is InChI=1S/C24H24Br2N2O4S2/c1-3-4-5-6-11-32-21-18(26)12-15(13-19(21)31-2)14-20-23(30)28(24(33)34-20)27-22(29)16-7-9-17(25)10-8-16/h7-10,12-14H,3-6,11H2,1-2H3,(H,27,29)/b20-14-. The van der Waals surface area contributed by atoms with Crippen molar-refractivity contribution in [2.75, 3.05) is 13.7 Å². The largest absolute Gasteiger partial charge is 0.493 e. The van der Waals surface area contributed by atoms with Gasteiger partial charge < -0.3 is 9.47 Å². The summed E-state index contributed by atoms with van der Waals surface area (Å²) in [6.45, 7) is 2.77. The van der Waals surface area contributed by atoms with Crippen LogP contribution in [0.2, 0.25) is 0 Å². The first kappa shape index (κ1) is 26.7. The number of thiocarbonyl (C=S) groups is 1. The zero-order chi connectivity index (χ0) is 24.7. The van der Waals surface area contributed by atoms with Crippen LogP contribution in [-0.4, -0.2) is 34.9 Å². The van der Waals surface area contributed by atoms with Crippen molar-refractivity contribution in [3.63, 3.8) is 0 Å². The summed E-state index contributed by atoms with van der Waals surface area (Å²) in [6, 6.07) is 10.5. The minimum atomic E-state index is -0.421. The molecule has 2 aromatic rings. The van der Waals surface area contributed by atoms with Gasteiger partial charge in [-0.2, -0.15) is 5.01 Å². The Morgan fingerprint density at radius 1 is 1.18 bits per heavy atom. The maximum Gasteiger partial charge on any atom is 0.285 e. The zero-order valence-electron chi connectivity index (χ0n) is 18.7. The molecule has 1 fully saturated rings. The minimum Gasteiger partial charge on any atom is -0.493 e. The van der Waals surface area contributed by atoms with Gasteiger partial charge in [0.05, 0.1) is 23.1 Å². The number of hydrogen-bond acceptors (Lipinski definition) is 6. The molecule has 10 heteroatoms. The van der Waals surface area contributed by atoms with Crippen LogP contribution in [-0.2, 0) is 4.79 Å². The summed E-state index contributed by atoms with van der Waals surface area (Å²) < 4.78 is 13.3. The Hall–Kier alpha value is -1.88. The Balaban J connectivity index is 1.73. The topological polar surface area (TPSA) is 67.9 Å². The molecule has 0 saturated carbocycles. The predicted octanol–water partition coefficient (Wildman–Crippen LogP) is 6.73. The molecule has 3 rings (SSSR count). The fourth-order valence-electron chi connectivity index (χ4n) is 3.15. The van der Waals surface area contributed by atoms with Gasteiger partial charge in [0.15, 0.2) is 15.8 Å². The van der Waals surface area contributed by atoms with E-state index in [0.717, 1.165) is 44.1 Å². The van der Waals surface area contributed by atoms with Crippen molar-refractivity contribution in [3.05, 3.63) is 61.4 Å². The third kappa shape index (κ3) is 6.84. The lowest BCUT2D eigenvalue weighted by Gasteiger charge is -2.15. The number of amides is 2. The average molecular weight is 628 g/mol. The van der Waals surface area contributed by atoms with Crippen LogP contribution >= 0.6 is 55.8 Å². The van der Waals surface area contributed by atoms with E-state index in [9.17, 15) is 9.59 Å². The molecular formula is C24H24Br2N2O4S2. The van der Waals surface area contributed by atoms with Crippen LogP contribution in [0.15, 0.2) is 50.2 Å². The van der Waals surface area contributed by atoms with E-state index >= 15 is 0 Å². The summed E-state index contributed by atoms with van der Waals surface area (Å²) >= 11 is 13.3. The zero-order valence-corrected chi connectivity index (χ0v) is 23.5. The molecule has 1 aliphatic heterocycles. The molecule has 180 valence electrons. The normalized spacial score (nSPS) is 14.6. The molecule has 0 radical (unpaired) electrons.